The number of allylic oxidation sites excluding steroid dienone is 1. The largest absolute Gasteiger partial charge is 0.126 e. The monoisotopic (exact) mass is 192 g/mol. The maximum absolute atomic E-state index is 4.07. The zero-order chi connectivity index (χ0) is 9.68. The molecule has 13 heavy (non-hydrogen) atoms. The molecule has 1 rings (SSSR count). The number of hydrogen-bond donors (Lipinski definition) is 0. The van der Waals surface area contributed by atoms with E-state index in [2.05, 4.69) is 44.7 Å². The first-order valence-corrected chi connectivity index (χ1v) is 5.68. The molecule has 1 aromatic carbocycles. The van der Waals surface area contributed by atoms with Gasteiger partial charge in [-0.25, -0.2) is 0 Å². The van der Waals surface area contributed by atoms with E-state index in [9.17, 15) is 0 Å². The van der Waals surface area contributed by atoms with E-state index < -0.39 is 0 Å². The van der Waals surface area contributed by atoms with Gasteiger partial charge in [-0.05, 0) is 29.4 Å². The van der Waals surface area contributed by atoms with Crippen LogP contribution in [0, 0.1) is 0 Å². The summed E-state index contributed by atoms with van der Waals surface area (Å²) in [5.74, 6) is 1.12. The zero-order valence-corrected chi connectivity index (χ0v) is 9.16. The molecule has 0 fully saturated rings. The average molecular weight is 192 g/mol. The summed E-state index contributed by atoms with van der Waals surface area (Å²) >= 11 is 1.88. The summed E-state index contributed by atoms with van der Waals surface area (Å²) in [5.41, 5.74) is 2.55. The van der Waals surface area contributed by atoms with Crippen LogP contribution in [0.3, 0.4) is 0 Å². The van der Waals surface area contributed by atoms with E-state index in [1.807, 2.05) is 11.8 Å². The van der Waals surface area contributed by atoms with E-state index >= 15 is 0 Å². The van der Waals surface area contributed by atoms with E-state index in [0.29, 0.717) is 0 Å². The molecule has 0 aliphatic heterocycles. The smallest absolute Gasteiger partial charge is 0.0147 e. The summed E-state index contributed by atoms with van der Waals surface area (Å²) in [4.78, 5) is 1.36. The third kappa shape index (κ3) is 2.63. The predicted octanol–water partition coefficient (Wildman–Crippen LogP) is 4.22. The van der Waals surface area contributed by atoms with Gasteiger partial charge >= 0.3 is 0 Å². The van der Waals surface area contributed by atoms with Gasteiger partial charge in [0, 0.05) is 4.90 Å². The molecular formula is C12H16S. The van der Waals surface area contributed by atoms with Gasteiger partial charge in [-0.1, -0.05) is 38.6 Å². The molecule has 0 nitrogen and oxygen atoms in total. The molecule has 0 aliphatic carbocycles. The molecule has 0 heterocycles. The molecule has 0 amide bonds. The molecule has 1 aromatic rings. The van der Waals surface area contributed by atoms with Crippen LogP contribution in [-0.4, -0.2) is 5.75 Å². The minimum absolute atomic E-state index is 1.03. The van der Waals surface area contributed by atoms with Crippen molar-refractivity contribution in [2.75, 3.05) is 5.75 Å². The van der Waals surface area contributed by atoms with E-state index in [1.165, 1.54) is 16.0 Å². The summed E-state index contributed by atoms with van der Waals surface area (Å²) in [7, 11) is 0. The Labute approximate surface area is 85.1 Å². The lowest BCUT2D eigenvalue weighted by Crippen LogP contribution is -1.85. The Morgan fingerprint density at radius 3 is 2.62 bits per heavy atom. The highest BCUT2D eigenvalue weighted by atomic mass is 32.2. The third-order valence-corrected chi connectivity index (χ3v) is 2.95. The summed E-state index contributed by atoms with van der Waals surface area (Å²) < 4.78 is 0. The molecule has 1 heteroatoms. The Hall–Kier alpha value is -0.690. The number of hydrogen-bond acceptors (Lipinski definition) is 1. The lowest BCUT2D eigenvalue weighted by atomic mass is 10.1. The molecule has 0 spiro atoms. The molecule has 0 unspecified atom stereocenters. The van der Waals surface area contributed by atoms with Crippen LogP contribution in [0.4, 0.5) is 0 Å². The second-order valence-electron chi connectivity index (χ2n) is 2.89. The molecular weight excluding hydrogens is 176 g/mol. The Balaban J connectivity index is 2.97. The molecule has 0 bridgehead atoms. The minimum Gasteiger partial charge on any atom is -0.126 e. The van der Waals surface area contributed by atoms with E-state index in [1.54, 1.807) is 0 Å². The molecule has 0 aromatic heterocycles. The first-order valence-electron chi connectivity index (χ1n) is 4.69. The van der Waals surface area contributed by atoms with Crippen molar-refractivity contribution < 1.29 is 0 Å². The van der Waals surface area contributed by atoms with Crippen molar-refractivity contribution in [3.8, 4) is 0 Å². The van der Waals surface area contributed by atoms with Gasteiger partial charge in [0.1, 0.15) is 0 Å². The normalized spacial score (nSPS) is 10.0. The first kappa shape index (κ1) is 10.4. The van der Waals surface area contributed by atoms with Gasteiger partial charge in [0.15, 0.2) is 0 Å². The summed E-state index contributed by atoms with van der Waals surface area (Å²) in [5, 5.41) is 0. The molecule has 0 aliphatic rings. The molecule has 0 saturated heterocycles. The number of benzene rings is 1. The highest BCUT2D eigenvalue weighted by molar-refractivity contribution is 7.99. The number of rotatable bonds is 4. The lowest BCUT2D eigenvalue weighted by molar-refractivity contribution is 1.22. The van der Waals surface area contributed by atoms with Crippen LogP contribution in [0.1, 0.15) is 25.8 Å². The van der Waals surface area contributed by atoms with Crippen molar-refractivity contribution in [1.82, 2.24) is 0 Å². The molecule has 0 saturated carbocycles. The maximum atomic E-state index is 4.07. The fraction of sp³-hybridized carbons (Fsp3) is 0.333. The van der Waals surface area contributed by atoms with Gasteiger partial charge in [0.05, 0.1) is 0 Å². The van der Waals surface area contributed by atoms with Gasteiger partial charge in [-0.2, -0.15) is 0 Å². The van der Waals surface area contributed by atoms with Gasteiger partial charge in [0.25, 0.3) is 0 Å². The quantitative estimate of drug-likeness (QED) is 0.644. The van der Waals surface area contributed by atoms with E-state index in [-0.39, 0.29) is 0 Å². The Bertz CT molecular complexity index is 289. The first-order chi connectivity index (χ1) is 6.29. The molecule has 0 N–H and O–H groups in total. The van der Waals surface area contributed by atoms with Crippen molar-refractivity contribution in [2.24, 2.45) is 0 Å². The zero-order valence-electron chi connectivity index (χ0n) is 8.34. The number of thioether (sulfide) groups is 1. The van der Waals surface area contributed by atoms with Crippen molar-refractivity contribution in [3.05, 3.63) is 36.4 Å². The van der Waals surface area contributed by atoms with Crippen molar-refractivity contribution >= 4 is 17.3 Å². The van der Waals surface area contributed by atoms with Crippen LogP contribution in [0.25, 0.3) is 5.57 Å². The van der Waals surface area contributed by atoms with Crippen LogP contribution in [0.15, 0.2) is 35.7 Å². The van der Waals surface area contributed by atoms with E-state index in [0.717, 1.165) is 12.2 Å². The average Bonchev–Trinajstić information content (AvgIpc) is 2.18. The molecule has 0 radical (unpaired) electrons. The van der Waals surface area contributed by atoms with Gasteiger partial charge in [-0.3, -0.25) is 0 Å². The second-order valence-corrected chi connectivity index (χ2v) is 4.19. The lowest BCUT2D eigenvalue weighted by Gasteiger charge is -2.08. The third-order valence-electron chi connectivity index (χ3n) is 1.99. The summed E-state index contributed by atoms with van der Waals surface area (Å²) in [6.45, 7) is 8.40. The van der Waals surface area contributed by atoms with E-state index in [4.69, 9.17) is 0 Å². The van der Waals surface area contributed by atoms with Gasteiger partial charge in [0.2, 0.25) is 0 Å². The fourth-order valence-corrected chi connectivity index (χ4v) is 2.08. The standard InChI is InChI=1S/C12H16S/c1-4-10(3)11-8-6-7-9-12(11)13-5-2/h6-9H,3-5H2,1-2H3. The van der Waals surface area contributed by atoms with Crippen molar-refractivity contribution in [1.29, 1.82) is 0 Å². The predicted molar refractivity (Wildman–Crippen MR) is 62.2 cm³/mol. The Morgan fingerprint density at radius 2 is 2.00 bits per heavy atom. The molecule has 0 atom stereocenters. The maximum Gasteiger partial charge on any atom is 0.0147 e. The van der Waals surface area contributed by atoms with Crippen LogP contribution >= 0.6 is 11.8 Å². The Morgan fingerprint density at radius 1 is 1.31 bits per heavy atom. The highest BCUT2D eigenvalue weighted by Crippen LogP contribution is 2.28. The second kappa shape index (κ2) is 5.13. The van der Waals surface area contributed by atoms with Gasteiger partial charge in [-0.15, -0.1) is 11.8 Å². The van der Waals surface area contributed by atoms with Crippen LogP contribution < -0.4 is 0 Å². The molecule has 70 valence electrons. The minimum atomic E-state index is 1.03. The highest BCUT2D eigenvalue weighted by Gasteiger charge is 2.02. The van der Waals surface area contributed by atoms with Crippen LogP contribution in [-0.2, 0) is 0 Å². The fourth-order valence-electron chi connectivity index (χ4n) is 1.23. The van der Waals surface area contributed by atoms with Crippen molar-refractivity contribution in [2.45, 2.75) is 25.2 Å². The van der Waals surface area contributed by atoms with Gasteiger partial charge < -0.3 is 0 Å². The van der Waals surface area contributed by atoms with Crippen molar-refractivity contribution in [3.63, 3.8) is 0 Å². The van der Waals surface area contributed by atoms with Crippen LogP contribution in [0.2, 0.25) is 0 Å². The summed E-state index contributed by atoms with van der Waals surface area (Å²) in [6, 6.07) is 8.49. The van der Waals surface area contributed by atoms with Crippen LogP contribution in [0.5, 0.6) is 0 Å². The Kier molecular flexibility index (Phi) is 4.10. The summed E-state index contributed by atoms with van der Waals surface area (Å²) in [6.07, 6.45) is 1.03. The topological polar surface area (TPSA) is 0 Å². The SMILES string of the molecule is C=C(CC)c1ccccc1SCC.